The number of carbonyl (C=O) groups excluding carboxylic acids is 1. The summed E-state index contributed by atoms with van der Waals surface area (Å²) in [7, 11) is 1.66. The van der Waals surface area contributed by atoms with Crippen molar-refractivity contribution in [3.8, 4) is 11.5 Å². The van der Waals surface area contributed by atoms with Crippen molar-refractivity contribution in [2.75, 3.05) is 13.7 Å². The van der Waals surface area contributed by atoms with E-state index in [4.69, 9.17) is 9.47 Å². The van der Waals surface area contributed by atoms with E-state index in [0.717, 1.165) is 35.5 Å². The second-order valence-electron chi connectivity index (χ2n) is 6.20. The SMILES string of the molecule is COc1cccc(CCCNC(=O)C(C)Oc2cccc(C)c2C)c1. The number of methoxy groups -OCH3 is 1. The van der Waals surface area contributed by atoms with Gasteiger partial charge in [0.15, 0.2) is 6.10 Å². The molecular formula is C21H27NO3. The third-order valence-corrected chi connectivity index (χ3v) is 4.30. The first-order valence-electron chi connectivity index (χ1n) is 8.64. The van der Waals surface area contributed by atoms with Crippen LogP contribution in [-0.2, 0) is 11.2 Å². The average Bonchev–Trinajstić information content (AvgIpc) is 2.62. The fraction of sp³-hybridized carbons (Fsp3) is 0.381. The number of nitrogens with one attached hydrogen (secondary N) is 1. The van der Waals surface area contributed by atoms with Crippen molar-refractivity contribution in [1.29, 1.82) is 0 Å². The normalized spacial score (nSPS) is 11.7. The van der Waals surface area contributed by atoms with Gasteiger partial charge < -0.3 is 14.8 Å². The molecule has 2 aromatic rings. The molecule has 4 heteroatoms. The summed E-state index contributed by atoms with van der Waals surface area (Å²) < 4.78 is 11.0. The van der Waals surface area contributed by atoms with Gasteiger partial charge in [-0.15, -0.1) is 0 Å². The molecule has 4 nitrogen and oxygen atoms in total. The number of hydrogen-bond acceptors (Lipinski definition) is 3. The molecule has 2 rings (SSSR count). The van der Waals surface area contributed by atoms with E-state index in [1.54, 1.807) is 14.0 Å². The highest BCUT2D eigenvalue weighted by Gasteiger charge is 2.15. The van der Waals surface area contributed by atoms with Gasteiger partial charge in [0.05, 0.1) is 7.11 Å². The van der Waals surface area contributed by atoms with Crippen molar-refractivity contribution in [2.45, 2.75) is 39.7 Å². The van der Waals surface area contributed by atoms with Gasteiger partial charge in [0.25, 0.3) is 5.91 Å². The van der Waals surface area contributed by atoms with Crippen molar-refractivity contribution >= 4 is 5.91 Å². The fourth-order valence-electron chi connectivity index (χ4n) is 2.57. The summed E-state index contributed by atoms with van der Waals surface area (Å²) in [6.45, 7) is 6.44. The zero-order valence-electron chi connectivity index (χ0n) is 15.5. The van der Waals surface area contributed by atoms with Gasteiger partial charge in [-0.2, -0.15) is 0 Å². The van der Waals surface area contributed by atoms with Gasteiger partial charge in [-0.25, -0.2) is 0 Å². The number of hydrogen-bond donors (Lipinski definition) is 1. The van der Waals surface area contributed by atoms with E-state index >= 15 is 0 Å². The molecule has 0 saturated heterocycles. The highest BCUT2D eigenvalue weighted by molar-refractivity contribution is 5.80. The number of rotatable bonds is 8. The summed E-state index contributed by atoms with van der Waals surface area (Å²) in [5.41, 5.74) is 3.43. The minimum Gasteiger partial charge on any atom is -0.497 e. The van der Waals surface area contributed by atoms with E-state index in [0.29, 0.717) is 6.54 Å². The summed E-state index contributed by atoms with van der Waals surface area (Å²) in [6, 6.07) is 13.9. The Labute approximate surface area is 150 Å². The Hall–Kier alpha value is -2.49. The van der Waals surface area contributed by atoms with Crippen LogP contribution in [0.4, 0.5) is 0 Å². The molecule has 0 radical (unpaired) electrons. The molecule has 25 heavy (non-hydrogen) atoms. The summed E-state index contributed by atoms with van der Waals surface area (Å²) in [4.78, 5) is 12.2. The van der Waals surface area contributed by atoms with Crippen LogP contribution in [-0.4, -0.2) is 25.7 Å². The van der Waals surface area contributed by atoms with Crippen LogP contribution in [0.1, 0.15) is 30.0 Å². The molecule has 0 aliphatic heterocycles. The Balaban J connectivity index is 1.76. The van der Waals surface area contributed by atoms with Gasteiger partial charge in [0, 0.05) is 6.54 Å². The largest absolute Gasteiger partial charge is 0.497 e. The van der Waals surface area contributed by atoms with Gasteiger partial charge in [-0.1, -0.05) is 24.3 Å². The number of aryl methyl sites for hydroxylation is 2. The summed E-state index contributed by atoms with van der Waals surface area (Å²) in [5, 5.41) is 2.94. The molecule has 0 spiro atoms. The van der Waals surface area contributed by atoms with E-state index in [9.17, 15) is 4.79 Å². The monoisotopic (exact) mass is 341 g/mol. The molecule has 1 N–H and O–H groups in total. The molecule has 0 saturated carbocycles. The summed E-state index contributed by atoms with van der Waals surface area (Å²) in [6.07, 6.45) is 1.25. The van der Waals surface area contributed by atoms with E-state index in [1.807, 2.05) is 50.2 Å². The molecule has 0 aromatic heterocycles. The second-order valence-corrected chi connectivity index (χ2v) is 6.20. The predicted octanol–water partition coefficient (Wildman–Crippen LogP) is 3.83. The van der Waals surface area contributed by atoms with Crippen LogP contribution in [0.5, 0.6) is 11.5 Å². The maximum absolute atomic E-state index is 12.2. The van der Waals surface area contributed by atoms with Crippen LogP contribution in [0.15, 0.2) is 42.5 Å². The summed E-state index contributed by atoms with van der Waals surface area (Å²) in [5.74, 6) is 1.53. The van der Waals surface area contributed by atoms with Gasteiger partial charge in [-0.05, 0) is 68.5 Å². The van der Waals surface area contributed by atoms with Crippen LogP contribution < -0.4 is 14.8 Å². The predicted molar refractivity (Wildman–Crippen MR) is 100 cm³/mol. The van der Waals surface area contributed by atoms with Gasteiger partial charge in [0.2, 0.25) is 0 Å². The highest BCUT2D eigenvalue weighted by Crippen LogP contribution is 2.21. The Morgan fingerprint density at radius 3 is 2.68 bits per heavy atom. The Morgan fingerprint density at radius 2 is 1.92 bits per heavy atom. The van der Waals surface area contributed by atoms with Crippen LogP contribution in [0.3, 0.4) is 0 Å². The smallest absolute Gasteiger partial charge is 0.260 e. The Bertz CT molecular complexity index is 712. The first-order chi connectivity index (χ1) is 12.0. The number of amides is 1. The van der Waals surface area contributed by atoms with Gasteiger partial charge in [0.1, 0.15) is 11.5 Å². The summed E-state index contributed by atoms with van der Waals surface area (Å²) >= 11 is 0. The molecule has 1 amide bonds. The van der Waals surface area contributed by atoms with Crippen molar-refractivity contribution < 1.29 is 14.3 Å². The van der Waals surface area contributed by atoms with E-state index < -0.39 is 6.10 Å². The highest BCUT2D eigenvalue weighted by atomic mass is 16.5. The minimum atomic E-state index is -0.516. The third-order valence-electron chi connectivity index (χ3n) is 4.30. The minimum absolute atomic E-state index is 0.0912. The van der Waals surface area contributed by atoms with Crippen molar-refractivity contribution in [3.63, 3.8) is 0 Å². The molecule has 0 heterocycles. The Morgan fingerprint density at radius 1 is 1.16 bits per heavy atom. The number of carbonyl (C=O) groups is 1. The molecule has 0 bridgehead atoms. The first kappa shape index (κ1) is 18.8. The lowest BCUT2D eigenvalue weighted by molar-refractivity contribution is -0.127. The van der Waals surface area contributed by atoms with Crippen LogP contribution in [0, 0.1) is 13.8 Å². The molecule has 0 aliphatic rings. The average molecular weight is 341 g/mol. The molecule has 1 atom stereocenters. The van der Waals surface area contributed by atoms with E-state index in [2.05, 4.69) is 11.4 Å². The lowest BCUT2D eigenvalue weighted by Gasteiger charge is -2.17. The number of benzene rings is 2. The van der Waals surface area contributed by atoms with E-state index in [1.165, 1.54) is 5.56 Å². The molecule has 0 aliphatic carbocycles. The van der Waals surface area contributed by atoms with Crippen LogP contribution >= 0.6 is 0 Å². The van der Waals surface area contributed by atoms with E-state index in [-0.39, 0.29) is 5.91 Å². The van der Waals surface area contributed by atoms with Crippen molar-refractivity contribution in [3.05, 3.63) is 59.2 Å². The molecule has 2 aromatic carbocycles. The molecule has 1 unspecified atom stereocenters. The molecular weight excluding hydrogens is 314 g/mol. The van der Waals surface area contributed by atoms with Crippen molar-refractivity contribution in [2.24, 2.45) is 0 Å². The molecule has 134 valence electrons. The van der Waals surface area contributed by atoms with Crippen molar-refractivity contribution in [1.82, 2.24) is 5.32 Å². The zero-order valence-corrected chi connectivity index (χ0v) is 15.5. The number of ether oxygens (including phenoxy) is 2. The standard InChI is InChI=1S/C21H27NO3/c1-15-8-5-12-20(16(15)2)25-17(3)21(23)22-13-7-10-18-9-6-11-19(14-18)24-4/h5-6,8-9,11-12,14,17H,7,10,13H2,1-4H3,(H,22,23). The quantitative estimate of drug-likeness (QED) is 0.742. The van der Waals surface area contributed by atoms with Crippen LogP contribution in [0.2, 0.25) is 0 Å². The molecule has 0 fully saturated rings. The van der Waals surface area contributed by atoms with Gasteiger partial charge >= 0.3 is 0 Å². The lowest BCUT2D eigenvalue weighted by Crippen LogP contribution is -2.37. The maximum Gasteiger partial charge on any atom is 0.260 e. The zero-order chi connectivity index (χ0) is 18.2. The third kappa shape index (κ3) is 5.52. The van der Waals surface area contributed by atoms with Crippen LogP contribution in [0.25, 0.3) is 0 Å². The lowest BCUT2D eigenvalue weighted by atomic mass is 10.1. The maximum atomic E-state index is 12.2. The first-order valence-corrected chi connectivity index (χ1v) is 8.64. The second kappa shape index (κ2) is 9.11. The Kier molecular flexibility index (Phi) is 6.87. The van der Waals surface area contributed by atoms with Gasteiger partial charge in [-0.3, -0.25) is 4.79 Å². The fourth-order valence-corrected chi connectivity index (χ4v) is 2.57. The topological polar surface area (TPSA) is 47.6 Å².